The minimum Gasteiger partial charge on any atom is -0.298 e. The lowest BCUT2D eigenvalue weighted by atomic mass is 9.41. The van der Waals surface area contributed by atoms with E-state index in [1.165, 1.54) is 0 Å². The van der Waals surface area contributed by atoms with Crippen molar-refractivity contribution < 1.29 is 14.4 Å². The van der Waals surface area contributed by atoms with Crippen LogP contribution in [0.15, 0.2) is 72.1 Å². The lowest BCUT2D eigenvalue weighted by molar-refractivity contribution is -0.125. The van der Waals surface area contributed by atoms with Gasteiger partial charge in [0.05, 0.1) is 21.9 Å². The first-order valence-corrected chi connectivity index (χ1v) is 14.0. The minimum absolute atomic E-state index is 0.0348. The quantitative estimate of drug-likeness (QED) is 0.235. The molecule has 4 bridgehead atoms. The maximum atomic E-state index is 14.7. The average molecular weight is 509 g/mol. The maximum Gasteiger partial charge on any atom is 0.190 e. The molecule has 2 aromatic carbocycles. The van der Waals surface area contributed by atoms with E-state index in [2.05, 4.69) is 26.0 Å². The number of Topliss-reactive ketones (excluding diaryl/α,β-unsaturated/α-hetero) is 3. The van der Waals surface area contributed by atoms with E-state index in [0.29, 0.717) is 16.9 Å². The van der Waals surface area contributed by atoms with Crippen LogP contribution >= 0.6 is 0 Å². The smallest absolute Gasteiger partial charge is 0.190 e. The van der Waals surface area contributed by atoms with Gasteiger partial charge in [-0.1, -0.05) is 36.4 Å². The van der Waals surface area contributed by atoms with Crippen molar-refractivity contribution in [3.05, 3.63) is 94.3 Å². The Morgan fingerprint density at radius 3 is 1.59 bits per heavy atom. The molecule has 0 radical (unpaired) electrons. The molecule has 6 aliphatic carbocycles. The highest BCUT2D eigenvalue weighted by Crippen LogP contribution is 2.82. The Labute approximate surface area is 224 Å². The van der Waals surface area contributed by atoms with Gasteiger partial charge in [0.2, 0.25) is 0 Å². The Hall–Kier alpha value is -3.99. The van der Waals surface area contributed by atoms with Crippen molar-refractivity contribution in [1.29, 1.82) is 0 Å². The zero-order chi connectivity index (χ0) is 26.2. The molecule has 4 aromatic rings. The van der Waals surface area contributed by atoms with Crippen LogP contribution < -0.4 is 0 Å². The summed E-state index contributed by atoms with van der Waals surface area (Å²) in [5, 5.41) is 2.06. The molecule has 0 aliphatic heterocycles. The summed E-state index contributed by atoms with van der Waals surface area (Å²) in [6, 6.07) is 15.4. The van der Waals surface area contributed by atoms with E-state index in [0.717, 1.165) is 50.5 Å². The normalized spacial score (nSPS) is 38.2. The topological polar surface area (TPSA) is 77.0 Å². The Bertz CT molecular complexity index is 1850. The van der Waals surface area contributed by atoms with E-state index in [9.17, 15) is 14.4 Å². The highest BCUT2D eigenvalue weighted by molar-refractivity contribution is 6.28. The van der Waals surface area contributed by atoms with Crippen LogP contribution in [0.4, 0.5) is 0 Å². The highest BCUT2D eigenvalue weighted by atomic mass is 16.1. The fourth-order valence-electron chi connectivity index (χ4n) is 11.0. The number of carbonyl (C=O) groups is 3. The molecule has 5 nitrogen and oxygen atoms in total. The molecule has 2 aromatic heterocycles. The lowest BCUT2D eigenvalue weighted by Crippen LogP contribution is -2.60. The molecular weight excluding hydrogens is 484 g/mol. The summed E-state index contributed by atoms with van der Waals surface area (Å²) in [6.45, 7) is 4.33. The Kier molecular flexibility index (Phi) is 3.26. The SMILES string of the molecule is C[C@]12C(=O)[C@](C)(c3c1c1cccnc1c1ncccc31)[C@H]1[C@H]3[C@@H]([C@H]12)[C@H]1C[C@@H]3C2=C1C(=O)c1ccccc1C2=O. The van der Waals surface area contributed by atoms with Gasteiger partial charge in [-0.2, -0.15) is 0 Å². The van der Waals surface area contributed by atoms with Gasteiger partial charge in [0.15, 0.2) is 17.3 Å². The molecule has 39 heavy (non-hydrogen) atoms. The molecule has 0 amide bonds. The van der Waals surface area contributed by atoms with E-state index < -0.39 is 10.8 Å². The third kappa shape index (κ3) is 1.86. The van der Waals surface area contributed by atoms with Crippen molar-refractivity contribution in [2.24, 2.45) is 35.5 Å². The van der Waals surface area contributed by atoms with Crippen molar-refractivity contribution in [3.63, 3.8) is 0 Å². The number of nitrogens with zero attached hydrogens (tertiary/aromatic N) is 2. The summed E-state index contributed by atoms with van der Waals surface area (Å²) in [4.78, 5) is 51.8. The average Bonchev–Trinajstić information content (AvgIpc) is 3.55. The summed E-state index contributed by atoms with van der Waals surface area (Å²) >= 11 is 0. The van der Waals surface area contributed by atoms with Crippen LogP contribution in [-0.2, 0) is 15.6 Å². The molecular formula is C34H24N2O3. The maximum absolute atomic E-state index is 14.7. The Balaban J connectivity index is 1.23. The number of pyridine rings is 2. The van der Waals surface area contributed by atoms with Gasteiger partial charge in [0.25, 0.3) is 0 Å². The van der Waals surface area contributed by atoms with E-state index in [-0.39, 0.29) is 47.1 Å². The van der Waals surface area contributed by atoms with E-state index in [1.807, 2.05) is 24.3 Å². The van der Waals surface area contributed by atoms with Gasteiger partial charge >= 0.3 is 0 Å². The number of hydrogen-bond acceptors (Lipinski definition) is 5. The molecule has 6 aliphatic rings. The third-order valence-electron chi connectivity index (χ3n) is 12.0. The molecule has 0 saturated heterocycles. The first kappa shape index (κ1) is 20.9. The number of allylic oxidation sites excluding steroid dienone is 2. The van der Waals surface area contributed by atoms with Crippen molar-refractivity contribution in [2.45, 2.75) is 31.1 Å². The number of carbonyl (C=O) groups excluding carboxylic acids is 3. The predicted molar refractivity (Wildman–Crippen MR) is 144 cm³/mol. The van der Waals surface area contributed by atoms with Crippen molar-refractivity contribution >= 4 is 39.2 Å². The van der Waals surface area contributed by atoms with Crippen LogP contribution in [0.25, 0.3) is 21.8 Å². The molecule has 0 N–H and O–H groups in total. The van der Waals surface area contributed by atoms with Gasteiger partial charge in [-0.05, 0) is 79.0 Å². The van der Waals surface area contributed by atoms with Crippen LogP contribution in [0, 0.1) is 35.5 Å². The number of rotatable bonds is 0. The molecule has 10 rings (SSSR count). The summed E-state index contributed by atoms with van der Waals surface area (Å²) in [6.07, 6.45) is 4.47. The zero-order valence-electron chi connectivity index (χ0n) is 21.6. The van der Waals surface area contributed by atoms with Crippen LogP contribution in [0.2, 0.25) is 0 Å². The van der Waals surface area contributed by atoms with Crippen LogP contribution in [0.1, 0.15) is 52.1 Å². The summed E-state index contributed by atoms with van der Waals surface area (Å²) in [5.41, 5.74) is 5.30. The second-order valence-electron chi connectivity index (χ2n) is 13.0. The molecule has 3 fully saturated rings. The Morgan fingerprint density at radius 1 is 0.667 bits per heavy atom. The van der Waals surface area contributed by atoms with Crippen LogP contribution in [-0.4, -0.2) is 27.3 Å². The second-order valence-corrected chi connectivity index (χ2v) is 13.0. The minimum atomic E-state index is -0.647. The molecule has 3 saturated carbocycles. The fraction of sp³-hybridized carbons (Fsp3) is 0.324. The third-order valence-corrected chi connectivity index (χ3v) is 12.0. The standard InChI is InChI=1S/C34H24N2O3/c1-33-24-16-9-5-11-35-28(16)29-17(10-6-12-36-29)25(24)34(2,32(33)39)27-21-19-13-18(20(21)26(27)33)22-23(19)31(38)15-8-4-3-7-14(15)30(22)37/h3-12,18-21,26-27H,13H2,1-2H3/t18-,19+,20+,21-,26-,27+,33+,34-. The van der Waals surface area contributed by atoms with Crippen molar-refractivity contribution in [3.8, 4) is 0 Å². The summed E-state index contributed by atoms with van der Waals surface area (Å²) in [7, 11) is 0. The molecule has 0 spiro atoms. The second kappa shape index (κ2) is 6.09. The molecule has 2 heterocycles. The van der Waals surface area contributed by atoms with Crippen LogP contribution in [0.3, 0.4) is 0 Å². The van der Waals surface area contributed by atoms with Crippen molar-refractivity contribution in [2.75, 3.05) is 0 Å². The largest absolute Gasteiger partial charge is 0.298 e. The van der Waals surface area contributed by atoms with Gasteiger partial charge in [-0.15, -0.1) is 0 Å². The summed E-state index contributed by atoms with van der Waals surface area (Å²) in [5.74, 6) is 1.31. The highest BCUT2D eigenvalue weighted by Gasteiger charge is 2.83. The van der Waals surface area contributed by atoms with Gasteiger partial charge < -0.3 is 0 Å². The predicted octanol–water partition coefficient (Wildman–Crippen LogP) is 5.40. The molecule has 0 unspecified atom stereocenters. The van der Waals surface area contributed by atoms with E-state index in [1.54, 1.807) is 24.5 Å². The molecule has 5 heteroatoms. The van der Waals surface area contributed by atoms with Gasteiger partial charge in [0, 0.05) is 45.4 Å². The summed E-state index contributed by atoms with van der Waals surface area (Å²) < 4.78 is 0. The molecule has 188 valence electrons. The first-order valence-electron chi connectivity index (χ1n) is 14.0. The van der Waals surface area contributed by atoms with Crippen molar-refractivity contribution in [1.82, 2.24) is 9.97 Å². The zero-order valence-corrected chi connectivity index (χ0v) is 21.6. The van der Waals surface area contributed by atoms with Gasteiger partial charge in [0.1, 0.15) is 0 Å². The number of aromatic nitrogens is 2. The van der Waals surface area contributed by atoms with Gasteiger partial charge in [-0.25, -0.2) is 0 Å². The number of ketones is 3. The number of hydrogen-bond donors (Lipinski definition) is 0. The van der Waals surface area contributed by atoms with Crippen LogP contribution in [0.5, 0.6) is 0 Å². The Morgan fingerprint density at radius 2 is 1.13 bits per heavy atom. The monoisotopic (exact) mass is 508 g/mol. The van der Waals surface area contributed by atoms with E-state index >= 15 is 0 Å². The molecule has 8 atom stereocenters. The lowest BCUT2D eigenvalue weighted by Gasteiger charge is -2.61. The fourth-order valence-corrected chi connectivity index (χ4v) is 11.0. The van der Waals surface area contributed by atoms with E-state index in [4.69, 9.17) is 9.97 Å². The van der Waals surface area contributed by atoms with Gasteiger partial charge in [-0.3, -0.25) is 24.4 Å². The number of benzene rings is 2. The first-order chi connectivity index (χ1) is 18.9. The number of fused-ring (bicyclic) bond motifs is 23.